The van der Waals surface area contributed by atoms with Crippen molar-refractivity contribution in [1.82, 2.24) is 20.0 Å². The van der Waals surface area contributed by atoms with Crippen molar-refractivity contribution < 1.29 is 9.59 Å². The predicted octanol–water partition coefficient (Wildman–Crippen LogP) is 2.36. The highest BCUT2D eigenvalue weighted by atomic mass is 35.5. The van der Waals surface area contributed by atoms with Crippen LogP contribution in [0.4, 0.5) is 0 Å². The van der Waals surface area contributed by atoms with Gasteiger partial charge in [-0.3, -0.25) is 9.59 Å². The molecule has 1 saturated carbocycles. The number of piperidine rings is 1. The van der Waals surface area contributed by atoms with E-state index >= 15 is 0 Å². The number of nitrogens with zero attached hydrogens (tertiary/aromatic N) is 3. The Hall–Kier alpha value is -1.63. The Morgan fingerprint density at radius 1 is 1.10 bits per heavy atom. The van der Waals surface area contributed by atoms with Gasteiger partial charge in [0.05, 0.1) is 5.41 Å². The summed E-state index contributed by atoms with van der Waals surface area (Å²) in [5.74, 6) is 0.717. The average Bonchev–Trinajstić information content (AvgIpc) is 3.60. The highest BCUT2D eigenvalue weighted by Gasteiger charge is 2.51. The molecule has 3 fully saturated rings. The van der Waals surface area contributed by atoms with Gasteiger partial charge in [-0.2, -0.15) is 0 Å². The van der Waals surface area contributed by atoms with Crippen LogP contribution >= 0.6 is 11.6 Å². The summed E-state index contributed by atoms with van der Waals surface area (Å²) in [5.41, 5.74) is 0.677. The molecule has 1 atom stereocenters. The fourth-order valence-electron chi connectivity index (χ4n) is 4.89. The molecule has 3 aliphatic rings. The number of carbonyl (C=O) groups excluding carboxylic acids is 2. The molecule has 0 bridgehead atoms. The van der Waals surface area contributed by atoms with Crippen molar-refractivity contribution in [2.24, 2.45) is 5.92 Å². The number of halogens is 1. The number of hydrogen-bond acceptors (Lipinski definition) is 4. The van der Waals surface area contributed by atoms with E-state index in [-0.39, 0.29) is 17.2 Å². The van der Waals surface area contributed by atoms with E-state index in [1.54, 1.807) is 0 Å². The lowest BCUT2D eigenvalue weighted by Crippen LogP contribution is -2.47. The van der Waals surface area contributed by atoms with Crippen LogP contribution in [0.15, 0.2) is 24.3 Å². The molecule has 4 rings (SSSR count). The largest absolute Gasteiger partial charge is 0.355 e. The van der Waals surface area contributed by atoms with Crippen molar-refractivity contribution in [3.63, 3.8) is 0 Å². The molecule has 1 aromatic carbocycles. The third-order valence-corrected chi connectivity index (χ3v) is 7.49. The summed E-state index contributed by atoms with van der Waals surface area (Å²) in [5, 5.41) is 3.89. The van der Waals surface area contributed by atoms with E-state index < -0.39 is 0 Å². The SMILES string of the molecule is CN1CCN(CCC(=O)N2CCCC(CNC(=O)C3(c4ccc(Cl)cc4)CC3)C2)CC1. The molecule has 2 heterocycles. The van der Waals surface area contributed by atoms with E-state index in [0.29, 0.717) is 23.9 Å². The number of piperazine rings is 1. The number of carbonyl (C=O) groups is 2. The van der Waals surface area contributed by atoms with E-state index in [0.717, 1.165) is 77.1 Å². The van der Waals surface area contributed by atoms with E-state index in [4.69, 9.17) is 11.6 Å². The zero-order valence-corrected chi connectivity index (χ0v) is 19.4. The summed E-state index contributed by atoms with van der Waals surface area (Å²) in [4.78, 5) is 32.4. The summed E-state index contributed by atoms with van der Waals surface area (Å²) in [7, 11) is 2.15. The average molecular weight is 447 g/mol. The van der Waals surface area contributed by atoms with Crippen LogP contribution in [0.1, 0.15) is 37.7 Å². The minimum Gasteiger partial charge on any atom is -0.355 e. The topological polar surface area (TPSA) is 55.9 Å². The first kappa shape index (κ1) is 22.6. The van der Waals surface area contributed by atoms with Gasteiger partial charge in [0.15, 0.2) is 0 Å². The molecular weight excluding hydrogens is 412 g/mol. The highest BCUT2D eigenvalue weighted by molar-refractivity contribution is 6.30. The quantitative estimate of drug-likeness (QED) is 0.698. The molecule has 0 radical (unpaired) electrons. The first-order valence-electron chi connectivity index (χ1n) is 11.7. The summed E-state index contributed by atoms with van der Waals surface area (Å²) < 4.78 is 0. The summed E-state index contributed by atoms with van der Waals surface area (Å²) in [6.45, 7) is 7.37. The zero-order valence-electron chi connectivity index (χ0n) is 18.6. The molecule has 170 valence electrons. The van der Waals surface area contributed by atoms with Crippen LogP contribution in [0.25, 0.3) is 0 Å². The lowest BCUT2D eigenvalue weighted by molar-refractivity contribution is -0.133. The van der Waals surface area contributed by atoms with Gasteiger partial charge in [0.1, 0.15) is 0 Å². The third kappa shape index (κ3) is 5.60. The summed E-state index contributed by atoms with van der Waals surface area (Å²) in [6, 6.07) is 7.65. The van der Waals surface area contributed by atoms with Gasteiger partial charge in [-0.15, -0.1) is 0 Å². The first-order valence-corrected chi connectivity index (χ1v) is 12.1. The number of likely N-dealkylation sites (N-methyl/N-ethyl adjacent to an activating group) is 1. The van der Waals surface area contributed by atoms with Crippen LogP contribution in [-0.4, -0.2) is 85.9 Å². The minimum absolute atomic E-state index is 0.119. The predicted molar refractivity (Wildman–Crippen MR) is 123 cm³/mol. The first-order chi connectivity index (χ1) is 15.0. The molecule has 2 saturated heterocycles. The summed E-state index contributed by atoms with van der Waals surface area (Å²) in [6.07, 6.45) is 4.46. The number of hydrogen-bond donors (Lipinski definition) is 1. The van der Waals surface area contributed by atoms with Crippen LogP contribution < -0.4 is 5.32 Å². The van der Waals surface area contributed by atoms with Gasteiger partial charge in [0.2, 0.25) is 11.8 Å². The Bertz CT molecular complexity index is 772. The second-order valence-corrected chi connectivity index (χ2v) is 9.98. The highest BCUT2D eigenvalue weighted by Crippen LogP contribution is 2.48. The van der Waals surface area contributed by atoms with E-state index in [9.17, 15) is 9.59 Å². The smallest absolute Gasteiger partial charge is 0.230 e. The fraction of sp³-hybridized carbons (Fsp3) is 0.667. The van der Waals surface area contributed by atoms with Gasteiger partial charge >= 0.3 is 0 Å². The van der Waals surface area contributed by atoms with Crippen molar-refractivity contribution in [3.8, 4) is 0 Å². The van der Waals surface area contributed by atoms with Crippen molar-refractivity contribution >= 4 is 23.4 Å². The molecule has 0 aromatic heterocycles. The van der Waals surface area contributed by atoms with Crippen LogP contribution in [0.5, 0.6) is 0 Å². The van der Waals surface area contributed by atoms with E-state index in [1.165, 1.54) is 0 Å². The monoisotopic (exact) mass is 446 g/mol. The van der Waals surface area contributed by atoms with Crippen LogP contribution in [-0.2, 0) is 15.0 Å². The van der Waals surface area contributed by atoms with Crippen LogP contribution in [0.3, 0.4) is 0 Å². The van der Waals surface area contributed by atoms with E-state index in [1.807, 2.05) is 29.2 Å². The minimum atomic E-state index is -0.378. The zero-order chi connectivity index (χ0) is 21.8. The van der Waals surface area contributed by atoms with Gasteiger partial charge in [-0.1, -0.05) is 23.7 Å². The summed E-state index contributed by atoms with van der Waals surface area (Å²) >= 11 is 6.00. The molecule has 2 aliphatic heterocycles. The van der Waals surface area contributed by atoms with Gasteiger partial charge < -0.3 is 20.0 Å². The maximum atomic E-state index is 12.9. The van der Waals surface area contributed by atoms with Gasteiger partial charge in [0, 0.05) is 63.8 Å². The molecule has 1 unspecified atom stereocenters. The number of likely N-dealkylation sites (tertiary alicyclic amines) is 1. The van der Waals surface area contributed by atoms with Gasteiger partial charge in [-0.05, 0) is 56.3 Å². The van der Waals surface area contributed by atoms with Crippen molar-refractivity contribution in [1.29, 1.82) is 0 Å². The maximum absolute atomic E-state index is 12.9. The Labute approximate surface area is 190 Å². The Kier molecular flexibility index (Phi) is 7.19. The lowest BCUT2D eigenvalue weighted by Gasteiger charge is -2.35. The van der Waals surface area contributed by atoms with Crippen LogP contribution in [0, 0.1) is 5.92 Å². The number of amides is 2. The normalized spacial score (nSPS) is 24.1. The van der Waals surface area contributed by atoms with Crippen molar-refractivity contribution in [3.05, 3.63) is 34.9 Å². The molecule has 1 aliphatic carbocycles. The lowest BCUT2D eigenvalue weighted by atomic mass is 9.93. The Balaban J connectivity index is 1.22. The third-order valence-electron chi connectivity index (χ3n) is 7.24. The fourth-order valence-corrected chi connectivity index (χ4v) is 5.01. The van der Waals surface area contributed by atoms with E-state index in [2.05, 4.69) is 22.2 Å². The molecule has 6 nitrogen and oxygen atoms in total. The Morgan fingerprint density at radius 3 is 2.48 bits per heavy atom. The van der Waals surface area contributed by atoms with Crippen LogP contribution in [0.2, 0.25) is 5.02 Å². The standard InChI is InChI=1S/C24H35ClN4O2/c1-27-13-15-28(16-14-27)12-8-22(30)29-11-2-3-19(18-29)17-26-23(31)24(9-10-24)20-4-6-21(25)7-5-20/h4-7,19H,2-3,8-18H2,1H3,(H,26,31). The number of nitrogens with one attached hydrogen (secondary N) is 1. The molecule has 31 heavy (non-hydrogen) atoms. The maximum Gasteiger partial charge on any atom is 0.230 e. The second kappa shape index (κ2) is 9.88. The molecule has 7 heteroatoms. The molecule has 0 spiro atoms. The number of benzene rings is 1. The molecule has 1 N–H and O–H groups in total. The van der Waals surface area contributed by atoms with Crippen molar-refractivity contribution in [2.75, 3.05) is 59.4 Å². The Morgan fingerprint density at radius 2 is 1.81 bits per heavy atom. The molecule has 1 aromatic rings. The molecule has 2 amide bonds. The number of rotatable bonds is 7. The van der Waals surface area contributed by atoms with Crippen molar-refractivity contribution in [2.45, 2.75) is 37.5 Å². The molecular formula is C24H35ClN4O2. The second-order valence-electron chi connectivity index (χ2n) is 9.54. The van der Waals surface area contributed by atoms with Gasteiger partial charge in [0.25, 0.3) is 0 Å². The van der Waals surface area contributed by atoms with Gasteiger partial charge in [-0.25, -0.2) is 0 Å².